The largest absolute Gasteiger partial charge is 1.00 e. The van der Waals surface area contributed by atoms with E-state index >= 15 is 0 Å². The van der Waals surface area contributed by atoms with Gasteiger partial charge in [-0.3, -0.25) is 23.4 Å². The first-order valence-electron chi connectivity index (χ1n) is 7.74. The maximum absolute atomic E-state index is 11.5. The van der Waals surface area contributed by atoms with Crippen molar-refractivity contribution in [1.29, 1.82) is 0 Å². The van der Waals surface area contributed by atoms with Gasteiger partial charge in [0.15, 0.2) is 12.2 Å². The number of carbonyl (C=O) groups is 4. The van der Waals surface area contributed by atoms with Crippen LogP contribution in [0.1, 0.15) is 27.7 Å². The fourth-order valence-corrected chi connectivity index (χ4v) is 2.70. The second-order valence-electron chi connectivity index (χ2n) is 5.57. The van der Waals surface area contributed by atoms with Crippen LogP contribution in [0.4, 0.5) is 0 Å². The third kappa shape index (κ3) is 9.84. The smallest absolute Gasteiger partial charge is 0.726 e. The zero-order valence-corrected chi connectivity index (χ0v) is 19.1. The van der Waals surface area contributed by atoms with Crippen molar-refractivity contribution >= 4 is 34.3 Å². The van der Waals surface area contributed by atoms with Crippen molar-refractivity contribution in [3.63, 3.8) is 0 Å². The van der Waals surface area contributed by atoms with Gasteiger partial charge in [-0.1, -0.05) is 0 Å². The first-order valence-corrected chi connectivity index (χ1v) is 9.08. The minimum absolute atomic E-state index is 0. The summed E-state index contributed by atoms with van der Waals surface area (Å²) < 4.78 is 61.6. The quantitative estimate of drug-likeness (QED) is 0.119. The second-order valence-corrected chi connectivity index (χ2v) is 6.62. The Morgan fingerprint density at radius 1 is 0.793 bits per heavy atom. The molecule has 0 N–H and O–H groups in total. The predicted molar refractivity (Wildman–Crippen MR) is 82.7 cm³/mol. The Hall–Kier alpha value is -1.29. The molecule has 1 unspecified atom stereocenters. The van der Waals surface area contributed by atoms with Crippen LogP contribution in [0, 0.1) is 0 Å². The van der Waals surface area contributed by atoms with Crippen LogP contribution in [0.5, 0.6) is 0 Å². The van der Waals surface area contributed by atoms with Crippen LogP contribution in [-0.4, -0.2) is 74.2 Å². The molecule has 0 radical (unpaired) electrons. The zero-order valence-electron chi connectivity index (χ0n) is 16.3. The van der Waals surface area contributed by atoms with Gasteiger partial charge < -0.3 is 28.2 Å². The summed E-state index contributed by atoms with van der Waals surface area (Å²) in [6.07, 6.45) is -7.89. The minimum Gasteiger partial charge on any atom is -0.726 e. The first kappa shape index (κ1) is 27.7. The van der Waals surface area contributed by atoms with Gasteiger partial charge in [-0.25, -0.2) is 8.42 Å². The second kappa shape index (κ2) is 11.8. The molecule has 0 saturated carbocycles. The summed E-state index contributed by atoms with van der Waals surface area (Å²) in [7, 11) is -5.16. The molecule has 1 aliphatic rings. The van der Waals surface area contributed by atoms with Crippen molar-refractivity contribution in [3.8, 4) is 0 Å². The van der Waals surface area contributed by atoms with Crippen LogP contribution in [0.15, 0.2) is 0 Å². The van der Waals surface area contributed by atoms with E-state index in [1.165, 1.54) is 0 Å². The van der Waals surface area contributed by atoms with Gasteiger partial charge in [-0.15, -0.1) is 0 Å². The Bertz CT molecular complexity index is 721. The van der Waals surface area contributed by atoms with Crippen molar-refractivity contribution in [2.75, 3.05) is 6.61 Å². The van der Waals surface area contributed by atoms with E-state index in [1.807, 2.05) is 0 Å². The SMILES string of the molecule is CC(=O)OC1O[C@H](COS(=O)(=O)[O-])[C@H](OC(C)=O)[C@H](OC(C)=O)[C@@H]1OC(C)=O.[Na+]. The molecular weight excluding hydrogens is 431 g/mol. The van der Waals surface area contributed by atoms with Crippen LogP contribution < -0.4 is 29.6 Å². The van der Waals surface area contributed by atoms with Gasteiger partial charge in [-0.05, 0) is 0 Å². The topological polar surface area (TPSA) is 181 Å². The summed E-state index contributed by atoms with van der Waals surface area (Å²) in [4.78, 5) is 45.7. The maximum atomic E-state index is 11.5. The molecule has 29 heavy (non-hydrogen) atoms. The minimum atomic E-state index is -5.16. The number of esters is 4. The Balaban J connectivity index is 0.00000784. The number of hydrogen-bond acceptors (Lipinski definition) is 13. The van der Waals surface area contributed by atoms with Gasteiger partial charge in [0.05, 0.1) is 6.61 Å². The molecule has 1 fully saturated rings. The standard InChI is InChI=1S/C14H20O13S.Na/c1-6(15)23-11-10(5-22-28(19,20)21)27-14(26-9(4)18)13(25-8(3)17)12(11)24-7(2)16;/h10-14H,5H2,1-4H3,(H,19,20,21);/q;+1/p-1/t10-,11+,12+,13+,14?;/m1./s1. The number of hydrogen-bond donors (Lipinski definition) is 0. The molecule has 15 heteroatoms. The van der Waals surface area contributed by atoms with Crippen molar-refractivity contribution < 1.29 is 89.6 Å². The van der Waals surface area contributed by atoms with E-state index in [0.717, 1.165) is 27.7 Å². The molecule has 0 aliphatic carbocycles. The van der Waals surface area contributed by atoms with Crippen LogP contribution in [-0.2, 0) is 57.4 Å². The molecule has 160 valence electrons. The monoisotopic (exact) mass is 450 g/mol. The molecule has 13 nitrogen and oxygen atoms in total. The molecule has 1 aliphatic heterocycles. The van der Waals surface area contributed by atoms with Crippen molar-refractivity contribution in [2.24, 2.45) is 0 Å². The van der Waals surface area contributed by atoms with Crippen LogP contribution in [0.25, 0.3) is 0 Å². The summed E-state index contributed by atoms with van der Waals surface area (Å²) >= 11 is 0. The summed E-state index contributed by atoms with van der Waals surface area (Å²) in [5, 5.41) is 0. The van der Waals surface area contributed by atoms with Crippen LogP contribution in [0.3, 0.4) is 0 Å². The molecule has 1 saturated heterocycles. The third-order valence-electron chi connectivity index (χ3n) is 3.16. The number of carbonyl (C=O) groups excluding carboxylic acids is 4. The molecule has 1 heterocycles. The summed E-state index contributed by atoms with van der Waals surface area (Å²) in [5.41, 5.74) is 0. The van der Waals surface area contributed by atoms with Gasteiger partial charge in [0.1, 0.15) is 6.10 Å². The van der Waals surface area contributed by atoms with E-state index in [2.05, 4.69) is 4.18 Å². The fourth-order valence-electron chi connectivity index (χ4n) is 2.40. The van der Waals surface area contributed by atoms with Crippen molar-refractivity contribution in [1.82, 2.24) is 0 Å². The van der Waals surface area contributed by atoms with E-state index in [-0.39, 0.29) is 29.6 Å². The number of rotatable bonds is 7. The molecule has 0 aromatic heterocycles. The Labute approximate surface area is 188 Å². The van der Waals surface area contributed by atoms with Crippen LogP contribution in [0.2, 0.25) is 0 Å². The summed E-state index contributed by atoms with van der Waals surface area (Å²) in [5.74, 6) is -3.54. The van der Waals surface area contributed by atoms with Gasteiger partial charge in [0.25, 0.3) is 0 Å². The molecule has 0 amide bonds. The predicted octanol–water partition coefficient (Wildman–Crippen LogP) is -4.45. The molecule has 0 aromatic rings. The van der Waals surface area contributed by atoms with Crippen molar-refractivity contribution in [2.45, 2.75) is 58.4 Å². The molecule has 0 aromatic carbocycles. The Morgan fingerprint density at radius 3 is 1.62 bits per heavy atom. The normalized spacial score (nSPS) is 26.4. The Morgan fingerprint density at radius 2 is 1.21 bits per heavy atom. The van der Waals surface area contributed by atoms with Crippen LogP contribution >= 0.6 is 0 Å². The van der Waals surface area contributed by atoms with E-state index in [4.69, 9.17) is 23.7 Å². The van der Waals surface area contributed by atoms with Gasteiger partial charge >= 0.3 is 53.4 Å². The molecule has 0 bridgehead atoms. The average molecular weight is 450 g/mol. The van der Waals surface area contributed by atoms with E-state index in [0.29, 0.717) is 0 Å². The molecule has 0 spiro atoms. The molecule has 1 rings (SSSR count). The third-order valence-corrected chi connectivity index (χ3v) is 3.58. The van der Waals surface area contributed by atoms with Crippen molar-refractivity contribution in [3.05, 3.63) is 0 Å². The van der Waals surface area contributed by atoms with E-state index in [1.54, 1.807) is 0 Å². The summed E-state index contributed by atoms with van der Waals surface area (Å²) in [6, 6.07) is 0. The molecular formula is C14H19NaO13S. The van der Waals surface area contributed by atoms with E-state index in [9.17, 15) is 32.1 Å². The fraction of sp³-hybridized carbons (Fsp3) is 0.714. The molecule has 5 atom stereocenters. The van der Waals surface area contributed by atoms with Gasteiger partial charge in [0.2, 0.25) is 22.8 Å². The van der Waals surface area contributed by atoms with E-state index < -0.39 is 71.6 Å². The number of ether oxygens (including phenoxy) is 5. The maximum Gasteiger partial charge on any atom is 1.00 e. The first-order chi connectivity index (χ1) is 12.8. The van der Waals surface area contributed by atoms with Gasteiger partial charge in [-0.2, -0.15) is 0 Å². The average Bonchev–Trinajstić information content (AvgIpc) is 2.48. The zero-order chi connectivity index (χ0) is 21.6. The van der Waals surface area contributed by atoms with Gasteiger partial charge in [0, 0.05) is 27.7 Å². The Kier molecular flexibility index (Phi) is 11.3. The summed E-state index contributed by atoms with van der Waals surface area (Å²) in [6.45, 7) is 3.04.